The molecule has 4 heteroatoms. The van der Waals surface area contributed by atoms with Gasteiger partial charge in [-0.15, -0.1) is 0 Å². The first-order valence-electron chi connectivity index (χ1n) is 4.49. The summed E-state index contributed by atoms with van der Waals surface area (Å²) in [6, 6.07) is 5.72. The third-order valence-electron chi connectivity index (χ3n) is 2.01. The van der Waals surface area contributed by atoms with Gasteiger partial charge in [-0.1, -0.05) is 0 Å². The number of nitrogens with zero attached hydrogens (tertiary/aromatic N) is 3. The molecule has 0 aromatic carbocycles. The molecule has 14 heavy (non-hydrogen) atoms. The average Bonchev–Trinajstić information content (AvgIpc) is 2.71. The highest BCUT2D eigenvalue weighted by molar-refractivity contribution is 5.28. The highest BCUT2D eigenvalue weighted by Gasteiger charge is 2.01. The second-order valence-corrected chi connectivity index (χ2v) is 3.18. The number of aromatic nitrogens is 3. The van der Waals surface area contributed by atoms with Gasteiger partial charge in [-0.3, -0.25) is 4.98 Å². The Bertz CT molecular complexity index is 389. The van der Waals surface area contributed by atoms with Crippen LogP contribution < -0.4 is 5.73 Å². The van der Waals surface area contributed by atoms with Crippen LogP contribution in [-0.4, -0.2) is 14.8 Å². The summed E-state index contributed by atoms with van der Waals surface area (Å²) in [6.45, 7) is 1.91. The topological polar surface area (TPSA) is 56.7 Å². The predicted molar refractivity (Wildman–Crippen MR) is 54.0 cm³/mol. The van der Waals surface area contributed by atoms with Gasteiger partial charge in [-0.25, -0.2) is 4.68 Å². The Morgan fingerprint density at radius 2 is 2.29 bits per heavy atom. The van der Waals surface area contributed by atoms with E-state index in [-0.39, 0.29) is 6.04 Å². The molecule has 4 nitrogen and oxygen atoms in total. The van der Waals surface area contributed by atoms with Gasteiger partial charge in [-0.05, 0) is 25.1 Å². The minimum Gasteiger partial charge on any atom is -0.323 e. The van der Waals surface area contributed by atoms with Crippen molar-refractivity contribution in [3.8, 4) is 5.69 Å². The van der Waals surface area contributed by atoms with Gasteiger partial charge in [0, 0.05) is 18.4 Å². The van der Waals surface area contributed by atoms with Crippen molar-refractivity contribution in [2.75, 3.05) is 0 Å². The molecule has 0 unspecified atom stereocenters. The van der Waals surface area contributed by atoms with Crippen molar-refractivity contribution in [1.82, 2.24) is 14.8 Å². The van der Waals surface area contributed by atoms with Gasteiger partial charge in [0.1, 0.15) is 0 Å². The Balaban J connectivity index is 2.31. The molecular weight excluding hydrogens is 176 g/mol. The maximum absolute atomic E-state index is 5.70. The molecule has 2 aromatic heterocycles. The van der Waals surface area contributed by atoms with Crippen molar-refractivity contribution in [3.05, 3.63) is 42.5 Å². The molecule has 2 aromatic rings. The van der Waals surface area contributed by atoms with Crippen LogP contribution in [0.1, 0.15) is 18.7 Å². The van der Waals surface area contributed by atoms with E-state index in [0.29, 0.717) is 0 Å². The van der Waals surface area contributed by atoms with Crippen molar-refractivity contribution in [1.29, 1.82) is 0 Å². The predicted octanol–water partition coefficient (Wildman–Crippen LogP) is 1.29. The molecule has 0 aliphatic carbocycles. The third kappa shape index (κ3) is 1.65. The lowest BCUT2D eigenvalue weighted by molar-refractivity contribution is 0.775. The number of hydrogen-bond donors (Lipinski definition) is 1. The van der Waals surface area contributed by atoms with Gasteiger partial charge in [-0.2, -0.15) is 5.10 Å². The summed E-state index contributed by atoms with van der Waals surface area (Å²) in [7, 11) is 0. The van der Waals surface area contributed by atoms with E-state index in [4.69, 9.17) is 5.73 Å². The molecule has 0 saturated carbocycles. The molecule has 2 rings (SSSR count). The van der Waals surface area contributed by atoms with Gasteiger partial charge in [0.2, 0.25) is 0 Å². The van der Waals surface area contributed by atoms with E-state index in [1.807, 2.05) is 31.3 Å². The second kappa shape index (κ2) is 3.59. The molecule has 1 atom stereocenters. The van der Waals surface area contributed by atoms with Crippen LogP contribution in [0.3, 0.4) is 0 Å². The maximum atomic E-state index is 5.70. The molecular formula is C10H12N4. The maximum Gasteiger partial charge on any atom is 0.0828 e. The van der Waals surface area contributed by atoms with Crippen molar-refractivity contribution >= 4 is 0 Å². The Morgan fingerprint density at radius 3 is 2.79 bits per heavy atom. The van der Waals surface area contributed by atoms with Crippen molar-refractivity contribution in [3.63, 3.8) is 0 Å². The molecule has 0 radical (unpaired) electrons. The first-order valence-corrected chi connectivity index (χ1v) is 4.49. The monoisotopic (exact) mass is 188 g/mol. The summed E-state index contributed by atoms with van der Waals surface area (Å²) >= 11 is 0. The number of hydrogen-bond acceptors (Lipinski definition) is 3. The fourth-order valence-corrected chi connectivity index (χ4v) is 1.22. The van der Waals surface area contributed by atoms with E-state index in [1.165, 1.54) is 0 Å². The average molecular weight is 188 g/mol. The van der Waals surface area contributed by atoms with Crippen LogP contribution in [0.2, 0.25) is 0 Å². The van der Waals surface area contributed by atoms with Crippen molar-refractivity contribution in [2.24, 2.45) is 5.73 Å². The van der Waals surface area contributed by atoms with E-state index in [9.17, 15) is 0 Å². The van der Waals surface area contributed by atoms with Gasteiger partial charge in [0.05, 0.1) is 17.6 Å². The summed E-state index contributed by atoms with van der Waals surface area (Å²) in [5, 5.41) is 4.11. The Labute approximate surface area is 82.4 Å². The molecule has 72 valence electrons. The molecule has 2 N–H and O–H groups in total. The lowest BCUT2D eigenvalue weighted by atomic mass is 10.2. The van der Waals surface area contributed by atoms with Gasteiger partial charge in [0.15, 0.2) is 0 Å². The van der Waals surface area contributed by atoms with Gasteiger partial charge < -0.3 is 5.73 Å². The molecule has 0 amide bonds. The molecule has 2 heterocycles. The van der Waals surface area contributed by atoms with Crippen LogP contribution in [0.4, 0.5) is 0 Å². The SMILES string of the molecule is C[C@@H](N)c1ccc(-n2cccn2)cn1. The summed E-state index contributed by atoms with van der Waals surface area (Å²) in [5.41, 5.74) is 7.53. The first kappa shape index (κ1) is 8.90. The third-order valence-corrected chi connectivity index (χ3v) is 2.01. The standard InChI is InChI=1S/C10H12N4/c1-8(11)10-4-3-9(7-12-10)14-6-2-5-13-14/h2-8H,11H2,1H3/t8-/m1/s1. The van der Waals surface area contributed by atoms with Crippen molar-refractivity contribution in [2.45, 2.75) is 13.0 Å². The van der Waals surface area contributed by atoms with Gasteiger partial charge >= 0.3 is 0 Å². The lowest BCUT2D eigenvalue weighted by Gasteiger charge is -2.05. The number of rotatable bonds is 2. The summed E-state index contributed by atoms with van der Waals surface area (Å²) in [5.74, 6) is 0. The van der Waals surface area contributed by atoms with Crippen LogP contribution >= 0.6 is 0 Å². The first-order chi connectivity index (χ1) is 6.77. The second-order valence-electron chi connectivity index (χ2n) is 3.18. The van der Waals surface area contributed by atoms with Crippen molar-refractivity contribution < 1.29 is 0 Å². The quantitative estimate of drug-likeness (QED) is 0.772. The largest absolute Gasteiger partial charge is 0.323 e. The smallest absolute Gasteiger partial charge is 0.0828 e. The fourth-order valence-electron chi connectivity index (χ4n) is 1.22. The molecule has 0 bridgehead atoms. The van der Waals surface area contributed by atoms with Crippen LogP contribution in [0.15, 0.2) is 36.8 Å². The summed E-state index contributed by atoms with van der Waals surface area (Å²) < 4.78 is 1.76. The summed E-state index contributed by atoms with van der Waals surface area (Å²) in [4.78, 5) is 4.25. The van der Waals surface area contributed by atoms with E-state index < -0.39 is 0 Å². The zero-order valence-electron chi connectivity index (χ0n) is 7.96. The zero-order chi connectivity index (χ0) is 9.97. The van der Waals surface area contributed by atoms with Crippen LogP contribution in [0.5, 0.6) is 0 Å². The number of pyridine rings is 1. The van der Waals surface area contributed by atoms with E-state index in [1.54, 1.807) is 17.1 Å². The van der Waals surface area contributed by atoms with Crippen LogP contribution in [0, 0.1) is 0 Å². The fraction of sp³-hybridized carbons (Fsp3) is 0.200. The van der Waals surface area contributed by atoms with E-state index >= 15 is 0 Å². The molecule has 0 aliphatic rings. The molecule has 0 spiro atoms. The molecule has 0 fully saturated rings. The van der Waals surface area contributed by atoms with Gasteiger partial charge in [0.25, 0.3) is 0 Å². The van der Waals surface area contributed by atoms with E-state index in [0.717, 1.165) is 11.4 Å². The highest BCUT2D eigenvalue weighted by Crippen LogP contribution is 2.09. The lowest BCUT2D eigenvalue weighted by Crippen LogP contribution is -2.07. The highest BCUT2D eigenvalue weighted by atomic mass is 15.3. The minimum atomic E-state index is -0.0262. The van der Waals surface area contributed by atoms with E-state index in [2.05, 4.69) is 10.1 Å². The normalized spacial score (nSPS) is 12.7. The molecule has 0 aliphatic heterocycles. The Hall–Kier alpha value is -1.68. The Morgan fingerprint density at radius 1 is 1.43 bits per heavy atom. The minimum absolute atomic E-state index is 0.0262. The summed E-state index contributed by atoms with van der Waals surface area (Å²) in [6.07, 6.45) is 5.38. The number of nitrogens with two attached hydrogens (primary N) is 1. The van der Waals surface area contributed by atoms with Crippen LogP contribution in [0.25, 0.3) is 5.69 Å². The van der Waals surface area contributed by atoms with Crippen LogP contribution in [-0.2, 0) is 0 Å². The zero-order valence-corrected chi connectivity index (χ0v) is 7.96. The Kier molecular flexibility index (Phi) is 2.28. The molecule has 0 saturated heterocycles.